The van der Waals surface area contributed by atoms with E-state index in [1.54, 1.807) is 0 Å². The van der Waals surface area contributed by atoms with Gasteiger partial charge in [-0.3, -0.25) is 0 Å². The molecule has 1 nitrogen and oxygen atoms in total. The molecule has 1 heteroatoms. The molecule has 0 heterocycles. The minimum absolute atomic E-state index is 0.0427. The Hall–Kier alpha value is -0.300. The van der Waals surface area contributed by atoms with Gasteiger partial charge in [-0.2, -0.15) is 0 Å². The van der Waals surface area contributed by atoms with Gasteiger partial charge in [-0.05, 0) is 42.9 Å². The SMILES string of the molecule is OC1C[C@@H]2C[C@H]1C1CC=CC12. The van der Waals surface area contributed by atoms with E-state index in [-0.39, 0.29) is 6.10 Å². The van der Waals surface area contributed by atoms with E-state index < -0.39 is 0 Å². The van der Waals surface area contributed by atoms with Crippen LogP contribution in [0.2, 0.25) is 0 Å². The van der Waals surface area contributed by atoms with Gasteiger partial charge in [-0.25, -0.2) is 0 Å². The average molecular weight is 150 g/mol. The predicted molar refractivity (Wildman–Crippen MR) is 43.0 cm³/mol. The summed E-state index contributed by atoms with van der Waals surface area (Å²) in [6, 6.07) is 0. The molecule has 3 aliphatic carbocycles. The van der Waals surface area contributed by atoms with E-state index in [9.17, 15) is 5.11 Å². The van der Waals surface area contributed by atoms with Crippen molar-refractivity contribution in [3.8, 4) is 0 Å². The smallest absolute Gasteiger partial charge is 0.0574 e. The molecule has 11 heavy (non-hydrogen) atoms. The van der Waals surface area contributed by atoms with Gasteiger partial charge in [0.25, 0.3) is 0 Å². The van der Waals surface area contributed by atoms with Crippen molar-refractivity contribution in [2.75, 3.05) is 0 Å². The zero-order chi connectivity index (χ0) is 7.42. The quantitative estimate of drug-likeness (QED) is 0.520. The lowest BCUT2D eigenvalue weighted by Gasteiger charge is -2.27. The van der Waals surface area contributed by atoms with Crippen LogP contribution in [0.1, 0.15) is 19.3 Å². The minimum atomic E-state index is 0.0427. The van der Waals surface area contributed by atoms with Crippen LogP contribution in [-0.2, 0) is 0 Å². The van der Waals surface area contributed by atoms with Gasteiger partial charge in [0.15, 0.2) is 0 Å². The first-order valence-electron chi connectivity index (χ1n) is 4.71. The number of fused-ring (bicyclic) bond motifs is 5. The summed E-state index contributed by atoms with van der Waals surface area (Å²) in [6.07, 6.45) is 8.37. The fourth-order valence-corrected chi connectivity index (χ4v) is 3.52. The topological polar surface area (TPSA) is 20.2 Å². The van der Waals surface area contributed by atoms with E-state index in [0.29, 0.717) is 5.92 Å². The second kappa shape index (κ2) is 1.89. The molecule has 3 aliphatic rings. The van der Waals surface area contributed by atoms with Gasteiger partial charge in [0.05, 0.1) is 6.10 Å². The van der Waals surface area contributed by atoms with Crippen molar-refractivity contribution in [3.63, 3.8) is 0 Å². The number of hydrogen-bond donors (Lipinski definition) is 1. The maximum Gasteiger partial charge on any atom is 0.0574 e. The summed E-state index contributed by atoms with van der Waals surface area (Å²) in [5.41, 5.74) is 0. The van der Waals surface area contributed by atoms with Crippen LogP contribution in [0.25, 0.3) is 0 Å². The van der Waals surface area contributed by atoms with Crippen LogP contribution >= 0.6 is 0 Å². The van der Waals surface area contributed by atoms with Crippen molar-refractivity contribution in [2.45, 2.75) is 25.4 Å². The first-order chi connectivity index (χ1) is 5.36. The standard InChI is InChI=1S/C10H14O/c11-10-5-6-4-9(10)8-3-1-2-7(6)8/h1-2,6-11H,3-5H2/t6-,7?,8?,9-,10?/m0/s1. The molecule has 0 saturated heterocycles. The Morgan fingerprint density at radius 1 is 1.18 bits per heavy atom. The van der Waals surface area contributed by atoms with Crippen LogP contribution in [0.15, 0.2) is 12.2 Å². The highest BCUT2D eigenvalue weighted by Crippen LogP contribution is 2.56. The van der Waals surface area contributed by atoms with E-state index in [1.807, 2.05) is 0 Å². The molecule has 0 spiro atoms. The summed E-state index contributed by atoms with van der Waals surface area (Å²) >= 11 is 0. The molecule has 2 saturated carbocycles. The molecule has 2 fully saturated rings. The zero-order valence-electron chi connectivity index (χ0n) is 6.61. The van der Waals surface area contributed by atoms with E-state index in [1.165, 1.54) is 12.8 Å². The fraction of sp³-hybridized carbons (Fsp3) is 0.800. The van der Waals surface area contributed by atoms with Gasteiger partial charge < -0.3 is 5.11 Å². The molecule has 2 bridgehead atoms. The predicted octanol–water partition coefficient (Wildman–Crippen LogP) is 1.58. The van der Waals surface area contributed by atoms with E-state index in [2.05, 4.69) is 12.2 Å². The fourth-order valence-electron chi connectivity index (χ4n) is 3.52. The Morgan fingerprint density at radius 3 is 3.00 bits per heavy atom. The molecule has 60 valence electrons. The van der Waals surface area contributed by atoms with Crippen molar-refractivity contribution >= 4 is 0 Å². The molecule has 0 aromatic carbocycles. The van der Waals surface area contributed by atoms with Gasteiger partial charge in [0.1, 0.15) is 0 Å². The van der Waals surface area contributed by atoms with Crippen LogP contribution in [0.4, 0.5) is 0 Å². The average Bonchev–Trinajstić information content (AvgIpc) is 2.52. The van der Waals surface area contributed by atoms with Gasteiger partial charge >= 0.3 is 0 Å². The lowest BCUT2D eigenvalue weighted by Crippen LogP contribution is -2.27. The summed E-state index contributed by atoms with van der Waals surface area (Å²) in [6.45, 7) is 0. The lowest BCUT2D eigenvalue weighted by molar-refractivity contribution is 0.0697. The van der Waals surface area contributed by atoms with Crippen LogP contribution in [0, 0.1) is 23.7 Å². The van der Waals surface area contributed by atoms with Crippen LogP contribution < -0.4 is 0 Å². The second-order valence-electron chi connectivity index (χ2n) is 4.37. The Morgan fingerprint density at radius 2 is 2.09 bits per heavy atom. The van der Waals surface area contributed by atoms with Gasteiger partial charge in [-0.15, -0.1) is 0 Å². The monoisotopic (exact) mass is 150 g/mol. The summed E-state index contributed by atoms with van der Waals surface area (Å²) in [5, 5.41) is 9.64. The molecule has 3 unspecified atom stereocenters. The van der Waals surface area contributed by atoms with Crippen molar-refractivity contribution in [1.29, 1.82) is 0 Å². The largest absolute Gasteiger partial charge is 0.393 e. The Bertz CT molecular complexity index is 209. The molecule has 1 N–H and O–H groups in total. The molecule has 0 radical (unpaired) electrons. The first kappa shape index (κ1) is 6.24. The summed E-state index contributed by atoms with van der Waals surface area (Å²) in [7, 11) is 0. The molecule has 0 aliphatic heterocycles. The van der Waals surface area contributed by atoms with E-state index in [0.717, 1.165) is 24.2 Å². The van der Waals surface area contributed by atoms with Gasteiger partial charge in [-0.1, -0.05) is 12.2 Å². The maximum absolute atomic E-state index is 9.64. The lowest BCUT2D eigenvalue weighted by atomic mass is 9.80. The van der Waals surface area contributed by atoms with Gasteiger partial charge in [0.2, 0.25) is 0 Å². The summed E-state index contributed by atoms with van der Waals surface area (Å²) in [5.74, 6) is 3.16. The van der Waals surface area contributed by atoms with E-state index in [4.69, 9.17) is 0 Å². The molecule has 5 atom stereocenters. The zero-order valence-corrected chi connectivity index (χ0v) is 6.61. The normalized spacial score (nSPS) is 58.8. The number of rotatable bonds is 0. The summed E-state index contributed by atoms with van der Waals surface area (Å²) in [4.78, 5) is 0. The highest BCUT2D eigenvalue weighted by atomic mass is 16.3. The summed E-state index contributed by atoms with van der Waals surface area (Å²) < 4.78 is 0. The number of aliphatic hydroxyl groups excluding tert-OH is 1. The van der Waals surface area contributed by atoms with Gasteiger partial charge in [0, 0.05) is 0 Å². The third-order valence-corrected chi connectivity index (χ3v) is 3.97. The molecule has 0 amide bonds. The van der Waals surface area contributed by atoms with Crippen molar-refractivity contribution in [2.24, 2.45) is 23.7 Å². The van der Waals surface area contributed by atoms with Crippen LogP contribution in [0.3, 0.4) is 0 Å². The Balaban J connectivity index is 1.94. The maximum atomic E-state index is 9.64. The molecular formula is C10H14O. The molecular weight excluding hydrogens is 136 g/mol. The van der Waals surface area contributed by atoms with Crippen LogP contribution in [0.5, 0.6) is 0 Å². The highest BCUT2D eigenvalue weighted by Gasteiger charge is 2.51. The number of allylic oxidation sites excluding steroid dienone is 2. The molecule has 0 aromatic heterocycles. The third-order valence-electron chi connectivity index (χ3n) is 3.97. The number of aliphatic hydroxyl groups is 1. The Kier molecular flexibility index (Phi) is 1.07. The first-order valence-corrected chi connectivity index (χ1v) is 4.71. The second-order valence-corrected chi connectivity index (χ2v) is 4.37. The minimum Gasteiger partial charge on any atom is -0.393 e. The van der Waals surface area contributed by atoms with Crippen molar-refractivity contribution in [3.05, 3.63) is 12.2 Å². The number of hydrogen-bond acceptors (Lipinski definition) is 1. The highest BCUT2D eigenvalue weighted by molar-refractivity contribution is 5.14. The van der Waals surface area contributed by atoms with E-state index >= 15 is 0 Å². The molecule has 3 rings (SSSR count). The van der Waals surface area contributed by atoms with Crippen molar-refractivity contribution in [1.82, 2.24) is 0 Å². The van der Waals surface area contributed by atoms with Crippen LogP contribution in [-0.4, -0.2) is 11.2 Å². The molecule has 0 aromatic rings. The Labute approximate surface area is 67.1 Å². The van der Waals surface area contributed by atoms with Crippen molar-refractivity contribution < 1.29 is 5.11 Å². The third kappa shape index (κ3) is 0.652.